The Hall–Kier alpha value is -3.59. The number of benzene rings is 2. The highest BCUT2D eigenvalue weighted by molar-refractivity contribution is 6.23. The van der Waals surface area contributed by atoms with E-state index < -0.39 is 0 Å². The predicted octanol–water partition coefficient (Wildman–Crippen LogP) is 2.72. The lowest BCUT2D eigenvalue weighted by Crippen LogP contribution is -2.43. The standard InChI is InChI=1S/C27H29N3O6/c31-25(28-13-17-8-9-22-23(12-17)36-16-35-22)18-4-2-10-29(14-18)21-7-1-6-20-24(21)27(33)30(26(20)32)15-19-5-3-11-34-19/h1,6-9,12,18-19H,2-5,10-11,13-16H2,(H,28,31). The van der Waals surface area contributed by atoms with Crippen LogP contribution in [-0.4, -0.2) is 61.8 Å². The number of imide groups is 1. The summed E-state index contributed by atoms with van der Waals surface area (Å²) in [6.07, 6.45) is 3.31. The second-order valence-corrected chi connectivity index (χ2v) is 9.75. The molecule has 2 saturated heterocycles. The van der Waals surface area contributed by atoms with Crippen molar-refractivity contribution in [3.05, 3.63) is 53.1 Å². The minimum Gasteiger partial charge on any atom is -0.454 e. The highest BCUT2D eigenvalue weighted by Crippen LogP contribution is 2.35. The molecule has 0 bridgehead atoms. The van der Waals surface area contributed by atoms with Crippen LogP contribution >= 0.6 is 0 Å². The maximum absolute atomic E-state index is 13.3. The largest absolute Gasteiger partial charge is 0.454 e. The van der Waals surface area contributed by atoms with E-state index in [9.17, 15) is 14.4 Å². The Balaban J connectivity index is 1.14. The van der Waals surface area contributed by atoms with E-state index in [1.807, 2.05) is 30.3 Å². The second-order valence-electron chi connectivity index (χ2n) is 9.75. The molecule has 4 aliphatic heterocycles. The summed E-state index contributed by atoms with van der Waals surface area (Å²) in [5.74, 6) is 0.645. The van der Waals surface area contributed by atoms with Crippen LogP contribution in [0.5, 0.6) is 11.5 Å². The maximum Gasteiger partial charge on any atom is 0.263 e. The molecule has 2 aromatic carbocycles. The van der Waals surface area contributed by atoms with Crippen molar-refractivity contribution in [3.63, 3.8) is 0 Å². The molecular formula is C27H29N3O6. The number of carbonyl (C=O) groups excluding carboxylic acids is 3. The first-order valence-corrected chi connectivity index (χ1v) is 12.6. The minimum atomic E-state index is -0.268. The number of hydrogen-bond donors (Lipinski definition) is 1. The SMILES string of the molecule is O=C(NCc1ccc2c(c1)OCO2)C1CCCN(c2cccc3c2C(=O)N(CC2CCCO2)C3=O)C1. The molecule has 9 heteroatoms. The number of fused-ring (bicyclic) bond motifs is 2. The van der Waals surface area contributed by atoms with Gasteiger partial charge >= 0.3 is 0 Å². The molecule has 1 N–H and O–H groups in total. The van der Waals surface area contributed by atoms with Crippen LogP contribution in [0.1, 0.15) is 52.0 Å². The van der Waals surface area contributed by atoms with Gasteiger partial charge in [-0.05, 0) is 55.5 Å². The summed E-state index contributed by atoms with van der Waals surface area (Å²) in [4.78, 5) is 42.8. The molecule has 2 fully saturated rings. The number of piperidine rings is 1. The molecule has 3 amide bonds. The van der Waals surface area contributed by atoms with E-state index in [2.05, 4.69) is 10.2 Å². The van der Waals surface area contributed by atoms with Gasteiger partial charge in [-0.25, -0.2) is 0 Å². The first-order valence-electron chi connectivity index (χ1n) is 12.6. The van der Waals surface area contributed by atoms with Gasteiger partial charge in [0.25, 0.3) is 11.8 Å². The van der Waals surface area contributed by atoms with Gasteiger partial charge in [-0.2, -0.15) is 0 Å². The number of nitrogens with zero attached hydrogens (tertiary/aromatic N) is 2. The minimum absolute atomic E-state index is 0.0210. The van der Waals surface area contributed by atoms with E-state index in [1.165, 1.54) is 4.90 Å². The van der Waals surface area contributed by atoms with Gasteiger partial charge in [0, 0.05) is 26.2 Å². The zero-order chi connectivity index (χ0) is 24.6. The van der Waals surface area contributed by atoms with Gasteiger partial charge in [0.15, 0.2) is 11.5 Å². The van der Waals surface area contributed by atoms with E-state index in [4.69, 9.17) is 14.2 Å². The zero-order valence-electron chi connectivity index (χ0n) is 20.0. The number of rotatable bonds is 6. The molecule has 0 aromatic heterocycles. The van der Waals surface area contributed by atoms with Crippen molar-refractivity contribution in [2.75, 3.05) is 37.9 Å². The number of hydrogen-bond acceptors (Lipinski definition) is 7. The Morgan fingerprint density at radius 1 is 1.03 bits per heavy atom. The molecule has 0 spiro atoms. The number of amides is 3. The fraction of sp³-hybridized carbons (Fsp3) is 0.444. The number of carbonyl (C=O) groups is 3. The van der Waals surface area contributed by atoms with Crippen molar-refractivity contribution in [2.24, 2.45) is 5.92 Å². The van der Waals surface area contributed by atoms with Crippen LogP contribution in [0, 0.1) is 5.92 Å². The molecule has 0 radical (unpaired) electrons. The first kappa shape index (κ1) is 22.8. The van der Waals surface area contributed by atoms with Crippen LogP contribution in [-0.2, 0) is 16.1 Å². The highest BCUT2D eigenvalue weighted by atomic mass is 16.7. The molecule has 4 heterocycles. The molecule has 2 aromatic rings. The smallest absolute Gasteiger partial charge is 0.263 e. The summed E-state index contributed by atoms with van der Waals surface area (Å²) in [5, 5.41) is 3.04. The summed E-state index contributed by atoms with van der Waals surface area (Å²) in [5.41, 5.74) is 2.55. The average Bonchev–Trinajstić information content (AvgIpc) is 3.65. The van der Waals surface area contributed by atoms with Gasteiger partial charge in [0.1, 0.15) is 0 Å². The van der Waals surface area contributed by atoms with Crippen LogP contribution in [0.3, 0.4) is 0 Å². The van der Waals surface area contributed by atoms with Gasteiger partial charge in [-0.1, -0.05) is 12.1 Å². The normalized spacial score (nSPS) is 22.8. The molecular weight excluding hydrogens is 462 g/mol. The topological polar surface area (TPSA) is 97.4 Å². The van der Waals surface area contributed by atoms with E-state index in [1.54, 1.807) is 6.07 Å². The molecule has 36 heavy (non-hydrogen) atoms. The molecule has 4 aliphatic rings. The lowest BCUT2D eigenvalue weighted by Gasteiger charge is -2.34. The summed E-state index contributed by atoms with van der Waals surface area (Å²) >= 11 is 0. The summed E-state index contributed by atoms with van der Waals surface area (Å²) < 4.78 is 16.4. The third-order valence-corrected chi connectivity index (χ3v) is 7.42. The highest BCUT2D eigenvalue weighted by Gasteiger charge is 2.40. The Morgan fingerprint density at radius 2 is 1.92 bits per heavy atom. The van der Waals surface area contributed by atoms with Crippen LogP contribution in [0.25, 0.3) is 0 Å². The van der Waals surface area contributed by atoms with Crippen molar-refractivity contribution >= 4 is 23.4 Å². The Labute approximate surface area is 209 Å². The number of ether oxygens (including phenoxy) is 3. The van der Waals surface area contributed by atoms with Gasteiger partial charge in [0.05, 0.1) is 35.4 Å². The monoisotopic (exact) mass is 491 g/mol. The van der Waals surface area contributed by atoms with E-state index in [-0.39, 0.29) is 43.1 Å². The predicted molar refractivity (Wildman–Crippen MR) is 130 cm³/mol. The molecule has 2 atom stereocenters. The van der Waals surface area contributed by atoms with Gasteiger partial charge in [-0.3, -0.25) is 19.3 Å². The number of anilines is 1. The van der Waals surface area contributed by atoms with Gasteiger partial charge in [-0.15, -0.1) is 0 Å². The van der Waals surface area contributed by atoms with Gasteiger partial charge < -0.3 is 24.4 Å². The van der Waals surface area contributed by atoms with Crippen molar-refractivity contribution in [3.8, 4) is 11.5 Å². The van der Waals surface area contributed by atoms with Crippen molar-refractivity contribution in [2.45, 2.75) is 38.3 Å². The van der Waals surface area contributed by atoms with E-state index >= 15 is 0 Å². The Kier molecular flexibility index (Phi) is 6.00. The third kappa shape index (κ3) is 4.17. The van der Waals surface area contributed by atoms with Gasteiger partial charge in [0.2, 0.25) is 12.7 Å². The van der Waals surface area contributed by atoms with E-state index in [0.29, 0.717) is 42.3 Å². The van der Waals surface area contributed by atoms with Crippen molar-refractivity contribution in [1.82, 2.24) is 10.2 Å². The average molecular weight is 492 g/mol. The Bertz CT molecular complexity index is 1210. The molecule has 0 aliphatic carbocycles. The Morgan fingerprint density at radius 3 is 2.78 bits per heavy atom. The fourth-order valence-corrected chi connectivity index (χ4v) is 5.53. The quantitative estimate of drug-likeness (QED) is 0.621. The summed E-state index contributed by atoms with van der Waals surface area (Å²) in [7, 11) is 0. The van der Waals surface area contributed by atoms with Crippen LogP contribution < -0.4 is 19.7 Å². The number of nitrogens with one attached hydrogen (secondary N) is 1. The van der Waals surface area contributed by atoms with Crippen molar-refractivity contribution in [1.29, 1.82) is 0 Å². The summed E-state index contributed by atoms with van der Waals surface area (Å²) in [6.45, 7) is 2.80. The van der Waals surface area contributed by atoms with Crippen LogP contribution in [0.2, 0.25) is 0 Å². The fourth-order valence-electron chi connectivity index (χ4n) is 5.53. The first-order chi connectivity index (χ1) is 17.6. The molecule has 0 saturated carbocycles. The molecule has 6 rings (SSSR count). The zero-order valence-corrected chi connectivity index (χ0v) is 20.0. The van der Waals surface area contributed by atoms with E-state index in [0.717, 1.165) is 43.5 Å². The van der Waals surface area contributed by atoms with Crippen molar-refractivity contribution < 1.29 is 28.6 Å². The van der Waals surface area contributed by atoms with Crippen LogP contribution in [0.4, 0.5) is 5.69 Å². The second kappa shape index (κ2) is 9.46. The lowest BCUT2D eigenvalue weighted by molar-refractivity contribution is -0.125. The van der Waals surface area contributed by atoms with Crippen LogP contribution in [0.15, 0.2) is 36.4 Å². The lowest BCUT2D eigenvalue weighted by atomic mass is 9.95. The molecule has 188 valence electrons. The third-order valence-electron chi connectivity index (χ3n) is 7.42. The molecule has 9 nitrogen and oxygen atoms in total. The molecule has 2 unspecified atom stereocenters. The summed E-state index contributed by atoms with van der Waals surface area (Å²) in [6, 6.07) is 11.1. The maximum atomic E-state index is 13.3.